The van der Waals surface area contributed by atoms with Crippen LogP contribution in [0.3, 0.4) is 0 Å². The molecule has 0 heterocycles. The van der Waals surface area contributed by atoms with E-state index in [-0.39, 0.29) is 17.6 Å². The largest absolute Gasteiger partial charge is 0.489 e. The van der Waals surface area contributed by atoms with E-state index in [0.29, 0.717) is 0 Å². The second-order valence-electron chi connectivity index (χ2n) is 6.06. The lowest BCUT2D eigenvalue weighted by Crippen LogP contribution is -2.60. The molecule has 3 heteroatoms. The molecule has 0 amide bonds. The number of ether oxygens (including phenoxy) is 1. The second-order valence-corrected chi connectivity index (χ2v) is 6.98. The molecular weight excluding hydrogens is 304 g/mol. The van der Waals surface area contributed by atoms with Crippen molar-refractivity contribution >= 4 is 15.9 Å². The van der Waals surface area contributed by atoms with Crippen molar-refractivity contribution in [2.24, 2.45) is 5.41 Å². The highest BCUT2D eigenvalue weighted by atomic mass is 79.9. The molecular formula is C16H21BrO2. The minimum Gasteiger partial charge on any atom is -0.489 e. The Bertz CT molecular complexity index is 466. The van der Waals surface area contributed by atoms with Crippen LogP contribution in [-0.4, -0.2) is 17.3 Å². The van der Waals surface area contributed by atoms with Crippen molar-refractivity contribution < 1.29 is 9.84 Å². The zero-order valence-corrected chi connectivity index (χ0v) is 12.9. The normalized spacial score (nSPS) is 29.0. The van der Waals surface area contributed by atoms with Crippen molar-refractivity contribution in [1.29, 1.82) is 0 Å². The van der Waals surface area contributed by atoms with Crippen molar-refractivity contribution in [2.75, 3.05) is 0 Å². The molecule has 2 nitrogen and oxygen atoms in total. The molecule has 1 aromatic rings. The van der Waals surface area contributed by atoms with Crippen molar-refractivity contribution in [3.8, 4) is 5.75 Å². The Morgan fingerprint density at radius 1 is 1.26 bits per heavy atom. The van der Waals surface area contributed by atoms with Crippen LogP contribution in [0, 0.1) is 12.3 Å². The van der Waals surface area contributed by atoms with Crippen LogP contribution in [0.15, 0.2) is 22.7 Å². The van der Waals surface area contributed by atoms with Crippen molar-refractivity contribution in [3.05, 3.63) is 28.2 Å². The lowest BCUT2D eigenvalue weighted by molar-refractivity contribution is -0.172. The van der Waals surface area contributed by atoms with Crippen LogP contribution in [0.4, 0.5) is 0 Å². The number of aliphatic hydroxyl groups is 1. The molecule has 2 atom stereocenters. The van der Waals surface area contributed by atoms with E-state index < -0.39 is 0 Å². The second kappa shape index (κ2) is 5.10. The van der Waals surface area contributed by atoms with Gasteiger partial charge in [-0.05, 0) is 43.5 Å². The van der Waals surface area contributed by atoms with Gasteiger partial charge in [-0.15, -0.1) is 0 Å². The minimum absolute atomic E-state index is 0.0394. The Balaban J connectivity index is 1.76. The first-order chi connectivity index (χ1) is 9.12. The van der Waals surface area contributed by atoms with Gasteiger partial charge >= 0.3 is 0 Å². The van der Waals surface area contributed by atoms with Gasteiger partial charge in [-0.3, -0.25) is 0 Å². The molecule has 1 spiro atoms. The fraction of sp³-hybridized carbons (Fsp3) is 0.625. The number of benzene rings is 1. The summed E-state index contributed by atoms with van der Waals surface area (Å²) in [6.07, 6.45) is 6.83. The summed E-state index contributed by atoms with van der Waals surface area (Å²) in [7, 11) is 0. The highest BCUT2D eigenvalue weighted by Crippen LogP contribution is 2.53. The van der Waals surface area contributed by atoms with Gasteiger partial charge in [0.15, 0.2) is 0 Å². The first-order valence-electron chi connectivity index (χ1n) is 7.23. The summed E-state index contributed by atoms with van der Waals surface area (Å²) < 4.78 is 7.30. The average molecular weight is 325 g/mol. The van der Waals surface area contributed by atoms with E-state index in [0.717, 1.165) is 35.0 Å². The molecule has 1 N–H and O–H groups in total. The first-order valence-corrected chi connectivity index (χ1v) is 8.02. The lowest BCUT2D eigenvalue weighted by atomic mass is 9.56. The highest BCUT2D eigenvalue weighted by molar-refractivity contribution is 9.10. The number of rotatable bonds is 2. The van der Waals surface area contributed by atoms with E-state index in [1.165, 1.54) is 19.3 Å². The van der Waals surface area contributed by atoms with Crippen LogP contribution in [-0.2, 0) is 0 Å². The number of hydrogen-bond donors (Lipinski definition) is 1. The van der Waals surface area contributed by atoms with Crippen LogP contribution < -0.4 is 4.74 Å². The fourth-order valence-corrected chi connectivity index (χ4v) is 4.13. The lowest BCUT2D eigenvalue weighted by Gasteiger charge is -2.55. The topological polar surface area (TPSA) is 29.5 Å². The predicted molar refractivity (Wildman–Crippen MR) is 79.4 cm³/mol. The molecule has 0 radical (unpaired) electrons. The summed E-state index contributed by atoms with van der Waals surface area (Å²) in [6, 6.07) is 6.13. The molecule has 0 bridgehead atoms. The standard InChI is InChI=1S/C16H21BrO2/c1-11-9-12(17)5-6-13(11)19-15-10-14(18)16(15)7-3-2-4-8-16/h5-6,9,14-15,18H,2-4,7-8,10H2,1H3. The van der Waals surface area contributed by atoms with Gasteiger partial charge in [0.05, 0.1) is 6.10 Å². The molecule has 0 aliphatic heterocycles. The van der Waals surface area contributed by atoms with E-state index in [2.05, 4.69) is 28.9 Å². The predicted octanol–water partition coefficient (Wildman–Crippen LogP) is 4.22. The van der Waals surface area contributed by atoms with Crippen molar-refractivity contribution in [1.82, 2.24) is 0 Å². The summed E-state index contributed by atoms with van der Waals surface area (Å²) in [4.78, 5) is 0. The van der Waals surface area contributed by atoms with E-state index in [1.807, 2.05) is 12.1 Å². The maximum Gasteiger partial charge on any atom is 0.122 e. The number of hydrogen-bond acceptors (Lipinski definition) is 2. The Hall–Kier alpha value is -0.540. The Morgan fingerprint density at radius 2 is 2.00 bits per heavy atom. The minimum atomic E-state index is -0.159. The maximum atomic E-state index is 10.2. The molecule has 1 aromatic carbocycles. The first kappa shape index (κ1) is 13.4. The highest BCUT2D eigenvalue weighted by Gasteiger charge is 2.56. The van der Waals surface area contributed by atoms with Crippen LogP contribution in [0.25, 0.3) is 0 Å². The summed E-state index contributed by atoms with van der Waals surface area (Å²) in [5.74, 6) is 0.963. The van der Waals surface area contributed by atoms with Gasteiger partial charge in [-0.1, -0.05) is 35.2 Å². The summed E-state index contributed by atoms with van der Waals surface area (Å²) in [5, 5.41) is 10.2. The number of halogens is 1. The van der Waals surface area contributed by atoms with Crippen LogP contribution in [0.5, 0.6) is 5.75 Å². The molecule has 104 valence electrons. The van der Waals surface area contributed by atoms with Gasteiger partial charge in [0.2, 0.25) is 0 Å². The average Bonchev–Trinajstić information content (AvgIpc) is 2.42. The van der Waals surface area contributed by atoms with E-state index in [4.69, 9.17) is 4.74 Å². The quantitative estimate of drug-likeness (QED) is 0.882. The zero-order valence-electron chi connectivity index (χ0n) is 11.4. The molecule has 2 saturated carbocycles. The summed E-state index contributed by atoms with van der Waals surface area (Å²) in [5.41, 5.74) is 1.19. The third kappa shape index (κ3) is 2.31. The third-order valence-corrected chi connectivity index (χ3v) is 5.43. The number of aliphatic hydroxyl groups excluding tert-OH is 1. The van der Waals surface area contributed by atoms with Gasteiger partial charge in [0.1, 0.15) is 11.9 Å². The Morgan fingerprint density at radius 3 is 2.63 bits per heavy atom. The molecule has 19 heavy (non-hydrogen) atoms. The van der Waals surface area contributed by atoms with E-state index in [9.17, 15) is 5.11 Å². The molecule has 2 aliphatic rings. The third-order valence-electron chi connectivity index (χ3n) is 4.93. The molecule has 0 aromatic heterocycles. The van der Waals surface area contributed by atoms with Gasteiger partial charge < -0.3 is 9.84 Å². The van der Waals surface area contributed by atoms with Gasteiger partial charge in [-0.25, -0.2) is 0 Å². The number of aryl methyl sites for hydroxylation is 1. The molecule has 2 aliphatic carbocycles. The van der Waals surface area contributed by atoms with Crippen molar-refractivity contribution in [3.63, 3.8) is 0 Å². The molecule has 2 unspecified atom stereocenters. The smallest absolute Gasteiger partial charge is 0.122 e. The van der Waals surface area contributed by atoms with Crippen LogP contribution >= 0.6 is 15.9 Å². The van der Waals surface area contributed by atoms with Gasteiger partial charge in [-0.2, -0.15) is 0 Å². The van der Waals surface area contributed by atoms with E-state index in [1.54, 1.807) is 0 Å². The Labute approximate surface area is 123 Å². The monoisotopic (exact) mass is 324 g/mol. The molecule has 0 saturated heterocycles. The maximum absolute atomic E-state index is 10.2. The van der Waals surface area contributed by atoms with Gasteiger partial charge in [0.25, 0.3) is 0 Å². The molecule has 2 fully saturated rings. The Kier molecular flexibility index (Phi) is 3.61. The van der Waals surface area contributed by atoms with E-state index >= 15 is 0 Å². The summed E-state index contributed by atoms with van der Waals surface area (Å²) >= 11 is 3.48. The zero-order chi connectivity index (χ0) is 13.5. The van der Waals surface area contributed by atoms with Crippen LogP contribution in [0.2, 0.25) is 0 Å². The van der Waals surface area contributed by atoms with Gasteiger partial charge in [0, 0.05) is 16.3 Å². The summed E-state index contributed by atoms with van der Waals surface area (Å²) in [6.45, 7) is 2.07. The van der Waals surface area contributed by atoms with Crippen LogP contribution in [0.1, 0.15) is 44.1 Å². The fourth-order valence-electron chi connectivity index (χ4n) is 3.66. The molecule has 3 rings (SSSR count). The SMILES string of the molecule is Cc1cc(Br)ccc1OC1CC(O)C12CCCCC2. The van der Waals surface area contributed by atoms with Crippen molar-refractivity contribution in [2.45, 2.75) is 57.7 Å².